The van der Waals surface area contributed by atoms with Gasteiger partial charge in [-0.25, -0.2) is 8.42 Å². The molecule has 10 heteroatoms. The molecule has 3 heterocycles. The van der Waals surface area contributed by atoms with Gasteiger partial charge >= 0.3 is 0 Å². The highest BCUT2D eigenvalue weighted by molar-refractivity contribution is 7.89. The number of carbonyl (C=O) groups is 1. The van der Waals surface area contributed by atoms with Crippen LogP contribution in [0.5, 0.6) is 11.5 Å². The molecule has 2 aliphatic heterocycles. The molecule has 2 aliphatic rings. The summed E-state index contributed by atoms with van der Waals surface area (Å²) < 4.78 is 39.2. The van der Waals surface area contributed by atoms with E-state index in [0.29, 0.717) is 26.2 Å². The molecule has 38 heavy (non-hydrogen) atoms. The summed E-state index contributed by atoms with van der Waals surface area (Å²) >= 11 is 0. The molecule has 5 rings (SSSR count). The Kier molecular flexibility index (Phi) is 7.53. The maximum atomic E-state index is 13.9. The van der Waals surface area contributed by atoms with Crippen molar-refractivity contribution < 1.29 is 22.7 Å². The fourth-order valence-electron chi connectivity index (χ4n) is 5.35. The zero-order valence-electron chi connectivity index (χ0n) is 21.6. The predicted octanol–water partition coefficient (Wildman–Crippen LogP) is 2.85. The number of amides is 1. The lowest BCUT2D eigenvalue weighted by Crippen LogP contribution is -2.51. The highest BCUT2D eigenvalue weighted by atomic mass is 32.2. The van der Waals surface area contributed by atoms with Gasteiger partial charge < -0.3 is 19.3 Å². The van der Waals surface area contributed by atoms with E-state index in [0.717, 1.165) is 22.7 Å². The molecule has 0 saturated carbocycles. The first-order valence-corrected chi connectivity index (χ1v) is 14.1. The minimum atomic E-state index is -3.77. The van der Waals surface area contributed by atoms with Crippen LogP contribution in [-0.2, 0) is 14.8 Å². The first-order valence-electron chi connectivity index (χ1n) is 12.6. The molecule has 1 aromatic heterocycles. The van der Waals surface area contributed by atoms with Crippen LogP contribution in [0.15, 0.2) is 78.0 Å². The summed E-state index contributed by atoms with van der Waals surface area (Å²) in [5.41, 5.74) is 1.89. The topological polar surface area (TPSA) is 92.3 Å². The Balaban J connectivity index is 1.35. The standard InChI is InChI=1S/C28H32N4O5S/c1-36-22-10-11-27(37-2)26(17-22)30-13-15-31(16-14-30)28(33)25-20-32(19-24(25)21-7-4-3-5-8-21)38(34,35)23-9-6-12-29-18-23/h3-12,17-18,24-25H,13-16,19-20H2,1-2H3/t24-,25+/m0/s1. The average molecular weight is 537 g/mol. The normalized spacial score (nSPS) is 20.4. The molecule has 0 bridgehead atoms. The number of nitrogens with zero attached hydrogens (tertiary/aromatic N) is 4. The number of hydrogen-bond acceptors (Lipinski definition) is 7. The van der Waals surface area contributed by atoms with E-state index >= 15 is 0 Å². The van der Waals surface area contributed by atoms with Crippen LogP contribution in [0.1, 0.15) is 11.5 Å². The van der Waals surface area contributed by atoms with Gasteiger partial charge in [0.2, 0.25) is 15.9 Å². The second-order valence-corrected chi connectivity index (χ2v) is 11.4. The highest BCUT2D eigenvalue weighted by Crippen LogP contribution is 2.38. The number of carbonyl (C=O) groups excluding carboxylic acids is 1. The van der Waals surface area contributed by atoms with Gasteiger partial charge in [-0.1, -0.05) is 30.3 Å². The van der Waals surface area contributed by atoms with Crippen LogP contribution in [0.2, 0.25) is 0 Å². The maximum absolute atomic E-state index is 13.9. The summed E-state index contributed by atoms with van der Waals surface area (Å²) in [4.78, 5) is 22.1. The fourth-order valence-corrected chi connectivity index (χ4v) is 6.80. The number of piperazine rings is 1. The van der Waals surface area contributed by atoms with Gasteiger partial charge in [0, 0.05) is 63.6 Å². The lowest BCUT2D eigenvalue weighted by molar-refractivity contribution is -0.135. The molecule has 0 spiro atoms. The third-order valence-corrected chi connectivity index (χ3v) is 9.24. The van der Waals surface area contributed by atoms with E-state index in [1.165, 1.54) is 10.5 Å². The molecule has 2 fully saturated rings. The van der Waals surface area contributed by atoms with Gasteiger partial charge in [-0.2, -0.15) is 4.31 Å². The van der Waals surface area contributed by atoms with E-state index in [1.54, 1.807) is 32.5 Å². The highest BCUT2D eigenvalue weighted by Gasteiger charge is 2.45. The van der Waals surface area contributed by atoms with Crippen LogP contribution in [0, 0.1) is 5.92 Å². The molecular formula is C28H32N4O5S. The first kappa shape index (κ1) is 26.0. The van der Waals surface area contributed by atoms with Gasteiger partial charge in [-0.15, -0.1) is 0 Å². The summed E-state index contributed by atoms with van der Waals surface area (Å²) in [6, 6.07) is 18.5. The fraction of sp³-hybridized carbons (Fsp3) is 0.357. The Hall–Kier alpha value is -3.63. The van der Waals surface area contributed by atoms with Crippen LogP contribution >= 0.6 is 0 Å². The summed E-state index contributed by atoms with van der Waals surface area (Å²) in [6.45, 7) is 2.72. The van der Waals surface area contributed by atoms with Crippen molar-refractivity contribution >= 4 is 21.6 Å². The first-order chi connectivity index (χ1) is 18.4. The summed E-state index contributed by atoms with van der Waals surface area (Å²) in [6.07, 6.45) is 2.90. The van der Waals surface area contributed by atoms with E-state index in [1.807, 2.05) is 53.4 Å². The molecule has 9 nitrogen and oxygen atoms in total. The quantitative estimate of drug-likeness (QED) is 0.459. The number of pyridine rings is 1. The van der Waals surface area contributed by atoms with Crippen molar-refractivity contribution in [3.8, 4) is 11.5 Å². The van der Waals surface area contributed by atoms with Crippen molar-refractivity contribution in [2.45, 2.75) is 10.8 Å². The van der Waals surface area contributed by atoms with Gasteiger partial charge in [0.05, 0.1) is 25.8 Å². The Morgan fingerprint density at radius 3 is 2.34 bits per heavy atom. The van der Waals surface area contributed by atoms with E-state index in [2.05, 4.69) is 9.88 Å². The molecular weight excluding hydrogens is 504 g/mol. The minimum absolute atomic E-state index is 0.0139. The van der Waals surface area contributed by atoms with Gasteiger partial charge in [-0.05, 0) is 29.8 Å². The summed E-state index contributed by atoms with van der Waals surface area (Å²) in [5.74, 6) is 0.779. The van der Waals surface area contributed by atoms with E-state index in [4.69, 9.17) is 9.47 Å². The number of sulfonamides is 1. The van der Waals surface area contributed by atoms with Crippen LogP contribution in [0.3, 0.4) is 0 Å². The number of aromatic nitrogens is 1. The molecule has 0 unspecified atom stereocenters. The molecule has 0 aliphatic carbocycles. The molecule has 0 N–H and O–H groups in total. The van der Waals surface area contributed by atoms with Crippen LogP contribution < -0.4 is 14.4 Å². The SMILES string of the molecule is COc1ccc(OC)c(N2CCN(C(=O)[C@@H]3CN(S(=O)(=O)c4cccnc4)C[C@H]3c3ccccc3)CC2)c1. The monoisotopic (exact) mass is 536 g/mol. The van der Waals surface area contributed by atoms with Crippen LogP contribution in [-0.4, -0.2) is 82.0 Å². The zero-order chi connectivity index (χ0) is 26.7. The lowest BCUT2D eigenvalue weighted by atomic mass is 9.88. The van der Waals surface area contributed by atoms with Crippen molar-refractivity contribution in [3.63, 3.8) is 0 Å². The van der Waals surface area contributed by atoms with Crippen molar-refractivity contribution in [2.24, 2.45) is 5.92 Å². The lowest BCUT2D eigenvalue weighted by Gasteiger charge is -2.38. The van der Waals surface area contributed by atoms with Gasteiger partial charge in [-0.3, -0.25) is 9.78 Å². The predicted molar refractivity (Wildman–Crippen MR) is 144 cm³/mol. The zero-order valence-corrected chi connectivity index (χ0v) is 22.4. The van der Waals surface area contributed by atoms with Gasteiger partial charge in [0.1, 0.15) is 16.4 Å². The average Bonchev–Trinajstić information content (AvgIpc) is 3.44. The second-order valence-electron chi connectivity index (χ2n) is 9.48. The van der Waals surface area contributed by atoms with Crippen LogP contribution in [0.4, 0.5) is 5.69 Å². The Bertz CT molecular complexity index is 1360. The van der Waals surface area contributed by atoms with Crippen molar-refractivity contribution in [1.82, 2.24) is 14.2 Å². The third kappa shape index (κ3) is 5.06. The Labute approximate surface area is 223 Å². The molecule has 2 saturated heterocycles. The largest absolute Gasteiger partial charge is 0.497 e. The van der Waals surface area contributed by atoms with Crippen LogP contribution in [0.25, 0.3) is 0 Å². The minimum Gasteiger partial charge on any atom is -0.497 e. The van der Waals surface area contributed by atoms with Gasteiger partial charge in [0.15, 0.2) is 0 Å². The number of methoxy groups -OCH3 is 2. The number of hydrogen-bond donors (Lipinski definition) is 0. The molecule has 2 aromatic carbocycles. The molecule has 2 atom stereocenters. The molecule has 200 valence electrons. The Morgan fingerprint density at radius 2 is 1.68 bits per heavy atom. The molecule has 0 radical (unpaired) electrons. The summed E-state index contributed by atoms with van der Waals surface area (Å²) in [7, 11) is -0.501. The van der Waals surface area contributed by atoms with Crippen molar-refractivity contribution in [3.05, 3.63) is 78.6 Å². The number of benzene rings is 2. The third-order valence-electron chi connectivity index (χ3n) is 7.42. The van der Waals surface area contributed by atoms with Crippen molar-refractivity contribution in [1.29, 1.82) is 0 Å². The molecule has 3 aromatic rings. The number of anilines is 1. The van der Waals surface area contributed by atoms with E-state index in [9.17, 15) is 13.2 Å². The van der Waals surface area contributed by atoms with E-state index in [-0.39, 0.29) is 29.8 Å². The van der Waals surface area contributed by atoms with Gasteiger partial charge in [0.25, 0.3) is 0 Å². The van der Waals surface area contributed by atoms with E-state index < -0.39 is 15.9 Å². The second kappa shape index (κ2) is 11.0. The Morgan fingerprint density at radius 1 is 0.921 bits per heavy atom. The number of rotatable bonds is 7. The smallest absolute Gasteiger partial charge is 0.244 e. The summed E-state index contributed by atoms with van der Waals surface area (Å²) in [5, 5.41) is 0. The maximum Gasteiger partial charge on any atom is 0.244 e. The van der Waals surface area contributed by atoms with Crippen molar-refractivity contribution in [2.75, 3.05) is 58.4 Å². The molecule has 1 amide bonds. The number of ether oxygens (including phenoxy) is 2.